The molecule has 1 aliphatic carbocycles. The fraction of sp³-hybridized carbons (Fsp3) is 0.550. The molecule has 2 atom stereocenters. The minimum absolute atomic E-state index is 0.0582. The molecule has 0 radical (unpaired) electrons. The molecule has 1 aromatic heterocycles. The molecular formula is C20H26N4O3S2. The van der Waals surface area contributed by atoms with Crippen molar-refractivity contribution >= 4 is 27.5 Å². The normalized spacial score (nSPS) is 21.8. The van der Waals surface area contributed by atoms with Crippen molar-refractivity contribution in [3.63, 3.8) is 0 Å². The quantitative estimate of drug-likeness (QED) is 0.622. The largest absolute Gasteiger partial charge is 0.341 e. The van der Waals surface area contributed by atoms with Crippen molar-refractivity contribution in [2.45, 2.75) is 55.1 Å². The van der Waals surface area contributed by atoms with E-state index in [1.807, 2.05) is 25.1 Å². The van der Waals surface area contributed by atoms with Gasteiger partial charge in [-0.1, -0.05) is 42.1 Å². The van der Waals surface area contributed by atoms with E-state index in [4.69, 9.17) is 0 Å². The minimum Gasteiger partial charge on any atom is -0.341 e. The second-order valence-electron chi connectivity index (χ2n) is 7.95. The summed E-state index contributed by atoms with van der Waals surface area (Å²) in [4.78, 5) is 14.5. The molecule has 9 heteroatoms. The molecule has 29 heavy (non-hydrogen) atoms. The number of carbonyl (C=O) groups is 1. The van der Waals surface area contributed by atoms with Gasteiger partial charge in [-0.25, -0.2) is 8.42 Å². The van der Waals surface area contributed by atoms with Crippen molar-refractivity contribution in [1.82, 2.24) is 19.7 Å². The minimum atomic E-state index is -3.03. The first-order valence-corrected chi connectivity index (χ1v) is 12.6. The SMILES string of the molecule is C[C@@H](Sc1nnc(C2CC2)n1Cc1ccccc1)C(=O)N(C)[C@H]1CCS(=O)(=O)C1. The van der Waals surface area contributed by atoms with Crippen LogP contribution in [0.25, 0.3) is 0 Å². The lowest BCUT2D eigenvalue weighted by atomic mass is 10.2. The van der Waals surface area contributed by atoms with E-state index in [9.17, 15) is 13.2 Å². The first-order valence-electron chi connectivity index (χ1n) is 9.95. The van der Waals surface area contributed by atoms with Crippen LogP contribution in [0.1, 0.15) is 43.5 Å². The van der Waals surface area contributed by atoms with Crippen LogP contribution in [-0.4, -0.2) is 63.8 Å². The number of rotatable bonds is 7. The molecule has 1 saturated carbocycles. The zero-order chi connectivity index (χ0) is 20.6. The first-order chi connectivity index (χ1) is 13.8. The van der Waals surface area contributed by atoms with Gasteiger partial charge in [0, 0.05) is 19.0 Å². The number of hydrogen-bond donors (Lipinski definition) is 0. The van der Waals surface area contributed by atoms with Gasteiger partial charge in [-0.05, 0) is 31.7 Å². The third kappa shape index (κ3) is 4.66. The Kier molecular flexibility index (Phi) is 5.70. The Morgan fingerprint density at radius 3 is 2.59 bits per heavy atom. The number of benzene rings is 1. The van der Waals surface area contributed by atoms with Crippen molar-refractivity contribution in [2.75, 3.05) is 18.6 Å². The molecule has 1 saturated heterocycles. The maximum absolute atomic E-state index is 12.9. The fourth-order valence-electron chi connectivity index (χ4n) is 3.70. The Balaban J connectivity index is 1.49. The average molecular weight is 435 g/mol. The standard InChI is InChI=1S/C20H26N4O3S2/c1-14(19(25)23(2)17-10-11-29(26,27)13-17)28-20-22-21-18(16-8-9-16)24(20)12-15-6-4-3-5-7-15/h3-7,14,16-17H,8-13H2,1-2H3/t14-,17+/m1/s1. The van der Waals surface area contributed by atoms with Gasteiger partial charge in [-0.2, -0.15) is 0 Å². The molecule has 2 aliphatic rings. The van der Waals surface area contributed by atoms with Gasteiger partial charge in [0.2, 0.25) is 5.91 Å². The summed E-state index contributed by atoms with van der Waals surface area (Å²) in [5.41, 5.74) is 1.17. The van der Waals surface area contributed by atoms with Gasteiger partial charge in [-0.15, -0.1) is 10.2 Å². The second kappa shape index (κ2) is 8.10. The van der Waals surface area contributed by atoms with Crippen LogP contribution in [0.2, 0.25) is 0 Å². The average Bonchev–Trinajstić information content (AvgIpc) is 3.38. The van der Waals surface area contributed by atoms with Crippen molar-refractivity contribution in [1.29, 1.82) is 0 Å². The summed E-state index contributed by atoms with van der Waals surface area (Å²) >= 11 is 1.40. The molecule has 156 valence electrons. The highest BCUT2D eigenvalue weighted by atomic mass is 32.2. The highest BCUT2D eigenvalue weighted by molar-refractivity contribution is 8.00. The van der Waals surface area contributed by atoms with E-state index >= 15 is 0 Å². The Hall–Kier alpha value is -1.87. The van der Waals surface area contributed by atoms with Crippen LogP contribution in [0.15, 0.2) is 35.5 Å². The number of aromatic nitrogens is 3. The Labute approximate surface area is 175 Å². The van der Waals surface area contributed by atoms with E-state index in [0.717, 1.165) is 23.8 Å². The summed E-state index contributed by atoms with van der Waals surface area (Å²) in [7, 11) is -1.32. The van der Waals surface area contributed by atoms with Crippen LogP contribution >= 0.6 is 11.8 Å². The van der Waals surface area contributed by atoms with Crippen molar-refractivity contribution in [3.05, 3.63) is 41.7 Å². The summed E-state index contributed by atoms with van der Waals surface area (Å²) in [6.07, 6.45) is 2.77. The number of carbonyl (C=O) groups excluding carboxylic acids is 1. The molecule has 2 fully saturated rings. The van der Waals surface area contributed by atoms with Crippen molar-refractivity contribution in [2.24, 2.45) is 0 Å². The number of nitrogens with zero attached hydrogens (tertiary/aromatic N) is 4. The van der Waals surface area contributed by atoms with Crippen LogP contribution in [0, 0.1) is 0 Å². The van der Waals surface area contributed by atoms with Gasteiger partial charge in [0.1, 0.15) is 5.82 Å². The van der Waals surface area contributed by atoms with Crippen LogP contribution < -0.4 is 0 Å². The van der Waals surface area contributed by atoms with E-state index in [2.05, 4.69) is 26.9 Å². The molecular weight excluding hydrogens is 408 g/mol. The Morgan fingerprint density at radius 2 is 1.97 bits per heavy atom. The molecule has 4 rings (SSSR count). The molecule has 1 aliphatic heterocycles. The zero-order valence-electron chi connectivity index (χ0n) is 16.7. The van der Waals surface area contributed by atoms with Crippen LogP contribution in [0.5, 0.6) is 0 Å². The van der Waals surface area contributed by atoms with E-state index in [1.54, 1.807) is 11.9 Å². The van der Waals surface area contributed by atoms with Crippen molar-refractivity contribution in [3.8, 4) is 0 Å². The highest BCUT2D eigenvalue weighted by Gasteiger charge is 2.35. The topological polar surface area (TPSA) is 85.2 Å². The lowest BCUT2D eigenvalue weighted by Crippen LogP contribution is -2.41. The predicted molar refractivity (Wildman–Crippen MR) is 113 cm³/mol. The molecule has 7 nitrogen and oxygen atoms in total. The van der Waals surface area contributed by atoms with Crippen molar-refractivity contribution < 1.29 is 13.2 Å². The summed E-state index contributed by atoms with van der Waals surface area (Å²) in [5.74, 6) is 1.60. The molecule has 0 unspecified atom stereocenters. The maximum atomic E-state index is 12.9. The zero-order valence-corrected chi connectivity index (χ0v) is 18.3. The van der Waals surface area contributed by atoms with Gasteiger partial charge < -0.3 is 9.47 Å². The summed E-state index contributed by atoms with van der Waals surface area (Å²) in [5, 5.41) is 9.17. The second-order valence-corrected chi connectivity index (χ2v) is 11.5. The predicted octanol–water partition coefficient (Wildman–Crippen LogP) is 2.33. The maximum Gasteiger partial charge on any atom is 0.235 e. The number of hydrogen-bond acceptors (Lipinski definition) is 6. The van der Waals surface area contributed by atoms with E-state index < -0.39 is 9.84 Å². The van der Waals surface area contributed by atoms with E-state index in [0.29, 0.717) is 18.9 Å². The molecule has 1 aromatic carbocycles. The summed E-state index contributed by atoms with van der Waals surface area (Å²) in [6.45, 7) is 2.53. The number of thioether (sulfide) groups is 1. The number of amides is 1. The van der Waals surface area contributed by atoms with Gasteiger partial charge >= 0.3 is 0 Å². The van der Waals surface area contributed by atoms with Gasteiger partial charge in [0.05, 0.1) is 23.3 Å². The number of sulfone groups is 1. The van der Waals surface area contributed by atoms with Crippen LogP contribution in [0.3, 0.4) is 0 Å². The lowest BCUT2D eigenvalue weighted by Gasteiger charge is -2.26. The fourth-order valence-corrected chi connectivity index (χ4v) is 6.43. The van der Waals surface area contributed by atoms with Gasteiger partial charge in [0.15, 0.2) is 15.0 Å². The molecule has 2 heterocycles. The monoisotopic (exact) mass is 434 g/mol. The Bertz CT molecular complexity index is 986. The molecule has 0 spiro atoms. The first kappa shape index (κ1) is 20.4. The summed E-state index contributed by atoms with van der Waals surface area (Å²) in [6, 6.07) is 9.94. The van der Waals surface area contributed by atoms with Crippen LogP contribution in [0.4, 0.5) is 0 Å². The Morgan fingerprint density at radius 1 is 1.24 bits per heavy atom. The third-order valence-corrected chi connectivity index (χ3v) is 8.42. The highest BCUT2D eigenvalue weighted by Crippen LogP contribution is 2.40. The third-order valence-electron chi connectivity index (χ3n) is 5.61. The smallest absolute Gasteiger partial charge is 0.235 e. The molecule has 2 aromatic rings. The molecule has 0 bridgehead atoms. The lowest BCUT2D eigenvalue weighted by molar-refractivity contribution is -0.130. The summed E-state index contributed by atoms with van der Waals surface area (Å²) < 4.78 is 25.6. The van der Waals surface area contributed by atoms with E-state index in [1.165, 1.54) is 17.3 Å². The van der Waals surface area contributed by atoms with Crippen LogP contribution in [-0.2, 0) is 21.2 Å². The van der Waals surface area contributed by atoms with Gasteiger partial charge in [0.25, 0.3) is 0 Å². The van der Waals surface area contributed by atoms with Gasteiger partial charge in [-0.3, -0.25) is 4.79 Å². The van der Waals surface area contributed by atoms with E-state index in [-0.39, 0.29) is 28.7 Å². The molecule has 0 N–H and O–H groups in total. The molecule has 1 amide bonds.